The molecule has 0 aliphatic carbocycles. The lowest BCUT2D eigenvalue weighted by Gasteiger charge is -2.25. The Kier molecular flexibility index (Phi) is 8.73. The quantitative estimate of drug-likeness (QED) is 0.368. The fraction of sp³-hybridized carbons (Fsp3) is 0.882. The predicted molar refractivity (Wildman–Crippen MR) is 110 cm³/mol. The maximum Gasteiger partial charge on any atom is 0.410 e. The molecule has 3 unspecified atom stereocenters. The summed E-state index contributed by atoms with van der Waals surface area (Å²) in [6.07, 6.45) is 3.75. The molecule has 7 nitrogen and oxygen atoms in total. The van der Waals surface area contributed by atoms with Crippen molar-refractivity contribution in [2.45, 2.75) is 70.8 Å². The molecule has 2 aliphatic heterocycles. The molecule has 1 amide bonds. The van der Waals surface area contributed by atoms with E-state index < -0.39 is 5.60 Å². The van der Waals surface area contributed by atoms with Crippen molar-refractivity contribution in [1.29, 1.82) is 0 Å². The van der Waals surface area contributed by atoms with Crippen LogP contribution in [0.5, 0.6) is 0 Å². The van der Waals surface area contributed by atoms with Crippen molar-refractivity contribution >= 4 is 36.0 Å². The number of hydrogen-bond donors (Lipinski definition) is 2. The van der Waals surface area contributed by atoms with Crippen LogP contribution in [-0.2, 0) is 9.47 Å². The van der Waals surface area contributed by atoms with Crippen molar-refractivity contribution in [2.24, 2.45) is 4.99 Å². The zero-order valence-corrected chi connectivity index (χ0v) is 18.3. The van der Waals surface area contributed by atoms with Gasteiger partial charge in [0.25, 0.3) is 0 Å². The average molecular weight is 468 g/mol. The van der Waals surface area contributed by atoms with Crippen LogP contribution >= 0.6 is 24.0 Å². The molecule has 2 fully saturated rings. The molecule has 2 aliphatic rings. The maximum atomic E-state index is 11.9. The number of nitrogens with zero attached hydrogens (tertiary/aromatic N) is 2. The number of nitrogens with one attached hydrogen (secondary N) is 2. The molecule has 0 radical (unpaired) electrons. The molecular weight excluding hydrogens is 435 g/mol. The number of amides is 1. The molecule has 146 valence electrons. The molecule has 2 rings (SSSR count). The first-order valence-electron chi connectivity index (χ1n) is 8.93. The Hall–Kier alpha value is -0.770. The predicted octanol–water partition coefficient (Wildman–Crippen LogP) is 2.35. The molecule has 0 saturated carbocycles. The maximum absolute atomic E-state index is 11.9. The number of ether oxygens (including phenoxy) is 2. The number of carbonyl (C=O) groups is 1. The number of rotatable bonds is 5. The minimum Gasteiger partial charge on any atom is -0.444 e. The van der Waals surface area contributed by atoms with Gasteiger partial charge in [0, 0.05) is 20.1 Å². The Morgan fingerprint density at radius 2 is 2.08 bits per heavy atom. The highest BCUT2D eigenvalue weighted by molar-refractivity contribution is 14.0. The van der Waals surface area contributed by atoms with E-state index in [1.165, 1.54) is 6.42 Å². The van der Waals surface area contributed by atoms with Gasteiger partial charge in [-0.2, -0.15) is 0 Å². The Balaban J connectivity index is 0.00000312. The van der Waals surface area contributed by atoms with Gasteiger partial charge >= 0.3 is 6.09 Å². The first kappa shape index (κ1) is 22.3. The van der Waals surface area contributed by atoms with E-state index in [9.17, 15) is 4.79 Å². The molecular formula is C17H33IN4O3. The third-order valence-corrected chi connectivity index (χ3v) is 4.18. The lowest BCUT2D eigenvalue weighted by molar-refractivity contribution is 0.0304. The van der Waals surface area contributed by atoms with Gasteiger partial charge in [0.1, 0.15) is 5.60 Å². The van der Waals surface area contributed by atoms with Gasteiger partial charge in [-0.05, 0) is 47.0 Å². The van der Waals surface area contributed by atoms with Crippen molar-refractivity contribution < 1.29 is 14.3 Å². The normalized spacial score (nSPS) is 25.3. The highest BCUT2D eigenvalue weighted by atomic mass is 127. The fourth-order valence-corrected chi connectivity index (χ4v) is 3.03. The van der Waals surface area contributed by atoms with Crippen LogP contribution in [0.4, 0.5) is 4.79 Å². The van der Waals surface area contributed by atoms with Crippen molar-refractivity contribution in [3.05, 3.63) is 0 Å². The van der Waals surface area contributed by atoms with Gasteiger partial charge in [-0.3, -0.25) is 4.99 Å². The molecule has 8 heteroatoms. The van der Waals surface area contributed by atoms with E-state index >= 15 is 0 Å². The van der Waals surface area contributed by atoms with Gasteiger partial charge in [0.05, 0.1) is 24.8 Å². The number of hydrogen-bond acceptors (Lipinski definition) is 4. The van der Waals surface area contributed by atoms with E-state index in [0.29, 0.717) is 31.3 Å². The highest BCUT2D eigenvalue weighted by Gasteiger charge is 2.41. The zero-order chi connectivity index (χ0) is 17.7. The third-order valence-electron chi connectivity index (χ3n) is 4.18. The summed E-state index contributed by atoms with van der Waals surface area (Å²) < 4.78 is 11.2. The van der Waals surface area contributed by atoms with Gasteiger partial charge in [-0.1, -0.05) is 0 Å². The molecule has 0 spiro atoms. The number of likely N-dealkylation sites (N-methyl/N-ethyl adjacent to an activating group) is 1. The first-order chi connectivity index (χ1) is 11.3. The second-order valence-electron chi connectivity index (χ2n) is 7.52. The Morgan fingerprint density at radius 1 is 1.36 bits per heavy atom. The second kappa shape index (κ2) is 9.80. The van der Waals surface area contributed by atoms with Crippen LogP contribution in [0.15, 0.2) is 4.99 Å². The van der Waals surface area contributed by atoms with E-state index in [-0.39, 0.29) is 30.1 Å². The smallest absolute Gasteiger partial charge is 0.410 e. The van der Waals surface area contributed by atoms with Crippen molar-refractivity contribution in [3.8, 4) is 0 Å². The largest absolute Gasteiger partial charge is 0.444 e. The fourth-order valence-electron chi connectivity index (χ4n) is 3.03. The minimum absolute atomic E-state index is 0. The third kappa shape index (κ3) is 7.16. The highest BCUT2D eigenvalue weighted by Crippen LogP contribution is 2.34. The van der Waals surface area contributed by atoms with Crippen LogP contribution in [-0.4, -0.2) is 67.5 Å². The van der Waals surface area contributed by atoms with E-state index in [1.807, 2.05) is 27.7 Å². The number of carbonyl (C=O) groups excluding carboxylic acids is 1. The lowest BCUT2D eigenvalue weighted by atomic mass is 9.96. The summed E-state index contributed by atoms with van der Waals surface area (Å²) in [5.41, 5.74) is -0.479. The van der Waals surface area contributed by atoms with Crippen molar-refractivity contribution in [3.63, 3.8) is 0 Å². The van der Waals surface area contributed by atoms with Crippen LogP contribution < -0.4 is 10.6 Å². The van der Waals surface area contributed by atoms with Crippen molar-refractivity contribution in [1.82, 2.24) is 15.5 Å². The Bertz CT molecular complexity index is 467. The summed E-state index contributed by atoms with van der Waals surface area (Å²) in [7, 11) is 1.73. The van der Waals surface area contributed by atoms with Crippen LogP contribution in [0.3, 0.4) is 0 Å². The Labute approximate surface area is 168 Å². The number of guanidine groups is 1. The lowest BCUT2D eigenvalue weighted by Crippen LogP contribution is -2.47. The summed E-state index contributed by atoms with van der Waals surface area (Å²) in [5.74, 6) is 0.788. The molecule has 3 atom stereocenters. The number of fused-ring (bicyclic) bond motifs is 2. The molecule has 0 aromatic carbocycles. The van der Waals surface area contributed by atoms with E-state index in [0.717, 1.165) is 25.3 Å². The molecule has 25 heavy (non-hydrogen) atoms. The van der Waals surface area contributed by atoms with Gasteiger partial charge in [-0.25, -0.2) is 4.79 Å². The molecule has 2 N–H and O–H groups in total. The second-order valence-corrected chi connectivity index (χ2v) is 7.52. The van der Waals surface area contributed by atoms with Crippen LogP contribution in [0.1, 0.15) is 47.0 Å². The van der Waals surface area contributed by atoms with Crippen molar-refractivity contribution in [2.75, 3.05) is 26.7 Å². The monoisotopic (exact) mass is 468 g/mol. The standard InChI is InChI=1S/C17H32N4O3.HI/c1-6-18-15(20-13-11-12-7-8-14(13)23-12)19-9-10-21(5)16(22)24-17(2,3)4;/h12-14H,6-11H2,1-5H3,(H2,18,19,20);1H. The molecule has 0 aromatic rings. The van der Waals surface area contributed by atoms with Gasteiger partial charge in [-0.15, -0.1) is 24.0 Å². The summed E-state index contributed by atoms with van der Waals surface area (Å²) in [6, 6.07) is 0.338. The minimum atomic E-state index is -0.479. The summed E-state index contributed by atoms with van der Waals surface area (Å²) in [6.45, 7) is 9.46. The molecule has 2 heterocycles. The van der Waals surface area contributed by atoms with Crippen LogP contribution in [0.2, 0.25) is 0 Å². The van der Waals surface area contributed by atoms with E-state index in [4.69, 9.17) is 9.47 Å². The number of halogens is 1. The Morgan fingerprint density at radius 3 is 2.60 bits per heavy atom. The van der Waals surface area contributed by atoms with Gasteiger partial charge < -0.3 is 25.0 Å². The molecule has 2 saturated heterocycles. The first-order valence-corrected chi connectivity index (χ1v) is 8.93. The topological polar surface area (TPSA) is 75.2 Å². The summed E-state index contributed by atoms with van der Waals surface area (Å²) in [5, 5.41) is 6.73. The van der Waals surface area contributed by atoms with Gasteiger partial charge in [0.15, 0.2) is 5.96 Å². The summed E-state index contributed by atoms with van der Waals surface area (Å²) >= 11 is 0. The zero-order valence-electron chi connectivity index (χ0n) is 16.0. The SMILES string of the molecule is CCNC(=NCCN(C)C(=O)OC(C)(C)C)NC1CC2CCC1O2.I. The molecule has 2 bridgehead atoms. The van der Waals surface area contributed by atoms with E-state index in [1.54, 1.807) is 11.9 Å². The average Bonchev–Trinajstić information content (AvgIpc) is 3.08. The van der Waals surface area contributed by atoms with Gasteiger partial charge in [0.2, 0.25) is 0 Å². The number of aliphatic imine (C=N–C) groups is 1. The van der Waals surface area contributed by atoms with Crippen LogP contribution in [0, 0.1) is 0 Å². The molecule has 0 aromatic heterocycles. The van der Waals surface area contributed by atoms with E-state index in [2.05, 4.69) is 15.6 Å². The van der Waals surface area contributed by atoms with Crippen LogP contribution in [0.25, 0.3) is 0 Å². The summed E-state index contributed by atoms with van der Waals surface area (Å²) in [4.78, 5) is 18.1.